The lowest BCUT2D eigenvalue weighted by Crippen LogP contribution is -2.36. The fraction of sp³-hybridized carbons (Fsp3) is 0.333. The Labute approximate surface area is 164 Å². The third-order valence-electron chi connectivity index (χ3n) is 3.63. The first kappa shape index (κ1) is 21.2. The van der Waals surface area contributed by atoms with Gasteiger partial charge in [0.25, 0.3) is 0 Å². The Morgan fingerprint density at radius 2 is 1.29 bits per heavy atom. The van der Waals surface area contributed by atoms with Gasteiger partial charge in [0.15, 0.2) is 0 Å². The number of esters is 2. The van der Waals surface area contributed by atoms with Crippen molar-refractivity contribution in [3.63, 3.8) is 0 Å². The maximum atomic E-state index is 12.0. The zero-order valence-electron chi connectivity index (χ0n) is 15.9. The molecule has 0 radical (unpaired) electrons. The highest BCUT2D eigenvalue weighted by Gasteiger charge is 2.21. The fourth-order valence-corrected chi connectivity index (χ4v) is 2.32. The smallest absolute Gasteiger partial charge is 0.325 e. The van der Waals surface area contributed by atoms with Crippen molar-refractivity contribution in [1.82, 2.24) is 0 Å². The van der Waals surface area contributed by atoms with Crippen molar-refractivity contribution in [2.75, 3.05) is 0 Å². The second-order valence-electron chi connectivity index (χ2n) is 6.07. The van der Waals surface area contributed by atoms with Gasteiger partial charge >= 0.3 is 11.9 Å². The van der Waals surface area contributed by atoms with E-state index in [1.54, 1.807) is 38.1 Å². The Morgan fingerprint density at radius 1 is 0.821 bits per heavy atom. The number of para-hydroxylation sites is 2. The summed E-state index contributed by atoms with van der Waals surface area (Å²) in [6.07, 6.45) is -1.50. The van der Waals surface area contributed by atoms with Gasteiger partial charge in [0, 0.05) is 20.3 Å². The van der Waals surface area contributed by atoms with E-state index in [4.69, 9.17) is 24.7 Å². The molecule has 0 aliphatic heterocycles. The minimum absolute atomic E-state index is 0.0350. The van der Waals surface area contributed by atoms with Crippen molar-refractivity contribution >= 4 is 11.9 Å². The summed E-state index contributed by atoms with van der Waals surface area (Å²) in [6, 6.07) is 17.0. The van der Waals surface area contributed by atoms with Crippen LogP contribution in [0.4, 0.5) is 0 Å². The van der Waals surface area contributed by atoms with Crippen LogP contribution < -0.4 is 15.2 Å². The van der Waals surface area contributed by atoms with E-state index < -0.39 is 30.6 Å². The topological polar surface area (TPSA) is 97.1 Å². The highest BCUT2D eigenvalue weighted by molar-refractivity contribution is 5.77. The zero-order valence-corrected chi connectivity index (χ0v) is 15.9. The van der Waals surface area contributed by atoms with Crippen molar-refractivity contribution in [2.24, 2.45) is 5.73 Å². The molecule has 0 aliphatic carbocycles. The summed E-state index contributed by atoms with van der Waals surface area (Å²) in [6.45, 7) is 3.20. The van der Waals surface area contributed by atoms with E-state index in [-0.39, 0.29) is 12.8 Å². The second-order valence-corrected chi connectivity index (χ2v) is 6.07. The van der Waals surface area contributed by atoms with Crippen LogP contribution in [0, 0.1) is 0 Å². The Bertz CT molecular complexity index is 737. The number of benzene rings is 2. The number of rotatable bonds is 10. The standard InChI is InChI=1S/C21H25NO6/c1-15(25-17-9-5-3-6-10-17)27-20(23)14-13-19(22)21(24)28-16(2)26-18-11-7-4-8-12-18/h3-12,15-16,19H,13-14,22H2,1-2H3. The molecule has 7 heteroatoms. The molecule has 0 saturated heterocycles. The molecule has 0 heterocycles. The molecule has 0 amide bonds. The molecule has 2 aromatic carbocycles. The number of ether oxygens (including phenoxy) is 4. The fourth-order valence-electron chi connectivity index (χ4n) is 2.32. The SMILES string of the molecule is CC(OC(=O)CCC(N)C(=O)OC(C)Oc1ccccc1)Oc1ccccc1. The third-order valence-corrected chi connectivity index (χ3v) is 3.63. The van der Waals surface area contributed by atoms with Gasteiger partial charge in [-0.25, -0.2) is 0 Å². The minimum Gasteiger partial charge on any atom is -0.455 e. The predicted octanol–water partition coefficient (Wildman–Crippen LogP) is 3.03. The molecule has 2 aromatic rings. The lowest BCUT2D eigenvalue weighted by atomic mass is 10.2. The summed E-state index contributed by atoms with van der Waals surface area (Å²) < 4.78 is 21.2. The van der Waals surface area contributed by atoms with Crippen LogP contribution in [0.25, 0.3) is 0 Å². The minimum atomic E-state index is -0.959. The van der Waals surface area contributed by atoms with Crippen molar-refractivity contribution in [1.29, 1.82) is 0 Å². The number of hydrogen-bond acceptors (Lipinski definition) is 7. The predicted molar refractivity (Wildman–Crippen MR) is 102 cm³/mol. The van der Waals surface area contributed by atoms with Crippen molar-refractivity contribution in [3.8, 4) is 11.5 Å². The van der Waals surface area contributed by atoms with Gasteiger partial charge in [-0.2, -0.15) is 0 Å². The van der Waals surface area contributed by atoms with Gasteiger partial charge in [0.1, 0.15) is 17.5 Å². The van der Waals surface area contributed by atoms with Gasteiger partial charge < -0.3 is 24.7 Å². The summed E-state index contributed by atoms with van der Waals surface area (Å²) in [7, 11) is 0. The molecule has 2 N–H and O–H groups in total. The van der Waals surface area contributed by atoms with E-state index in [1.807, 2.05) is 36.4 Å². The summed E-state index contributed by atoms with van der Waals surface area (Å²) >= 11 is 0. The van der Waals surface area contributed by atoms with Gasteiger partial charge in [-0.1, -0.05) is 36.4 Å². The zero-order chi connectivity index (χ0) is 20.4. The lowest BCUT2D eigenvalue weighted by molar-refractivity contribution is -0.164. The number of carbonyl (C=O) groups excluding carboxylic acids is 2. The molecule has 150 valence electrons. The summed E-state index contributed by atoms with van der Waals surface area (Å²) in [5, 5.41) is 0. The van der Waals surface area contributed by atoms with Gasteiger partial charge in [0.05, 0.1) is 0 Å². The number of nitrogens with two attached hydrogens (primary N) is 1. The largest absolute Gasteiger partial charge is 0.455 e. The van der Waals surface area contributed by atoms with Crippen LogP contribution in [0.15, 0.2) is 60.7 Å². The van der Waals surface area contributed by atoms with E-state index in [0.717, 1.165) is 0 Å². The van der Waals surface area contributed by atoms with Crippen LogP contribution in [0.1, 0.15) is 26.7 Å². The Balaban J connectivity index is 1.67. The first-order chi connectivity index (χ1) is 13.4. The Hall–Kier alpha value is -3.06. The lowest BCUT2D eigenvalue weighted by Gasteiger charge is -2.18. The highest BCUT2D eigenvalue weighted by Crippen LogP contribution is 2.13. The maximum Gasteiger partial charge on any atom is 0.325 e. The average molecular weight is 387 g/mol. The van der Waals surface area contributed by atoms with Crippen LogP contribution in [0.3, 0.4) is 0 Å². The molecule has 3 atom stereocenters. The van der Waals surface area contributed by atoms with E-state index >= 15 is 0 Å². The van der Waals surface area contributed by atoms with Crippen molar-refractivity contribution in [2.45, 2.75) is 45.3 Å². The van der Waals surface area contributed by atoms with Crippen LogP contribution in [0.2, 0.25) is 0 Å². The van der Waals surface area contributed by atoms with Gasteiger partial charge in [-0.05, 0) is 30.7 Å². The molecular weight excluding hydrogens is 362 g/mol. The molecule has 28 heavy (non-hydrogen) atoms. The molecule has 0 spiro atoms. The van der Waals surface area contributed by atoms with E-state index in [2.05, 4.69) is 0 Å². The molecular formula is C21H25NO6. The van der Waals surface area contributed by atoms with Crippen LogP contribution >= 0.6 is 0 Å². The van der Waals surface area contributed by atoms with E-state index in [9.17, 15) is 9.59 Å². The maximum absolute atomic E-state index is 12.0. The summed E-state index contributed by atoms with van der Waals surface area (Å²) in [5.41, 5.74) is 5.79. The van der Waals surface area contributed by atoms with Gasteiger partial charge in [-0.3, -0.25) is 9.59 Å². The second kappa shape index (κ2) is 10.9. The van der Waals surface area contributed by atoms with E-state index in [1.165, 1.54) is 0 Å². The summed E-state index contributed by atoms with van der Waals surface area (Å²) in [4.78, 5) is 23.9. The number of carbonyl (C=O) groups is 2. The van der Waals surface area contributed by atoms with Crippen molar-refractivity contribution < 1.29 is 28.5 Å². The Morgan fingerprint density at radius 3 is 1.79 bits per heavy atom. The molecule has 0 aliphatic rings. The molecule has 0 bridgehead atoms. The molecule has 7 nitrogen and oxygen atoms in total. The molecule has 0 aromatic heterocycles. The van der Waals surface area contributed by atoms with Crippen LogP contribution in [-0.2, 0) is 19.1 Å². The number of hydrogen-bond donors (Lipinski definition) is 1. The quantitative estimate of drug-likeness (QED) is 0.494. The third kappa shape index (κ3) is 7.67. The van der Waals surface area contributed by atoms with Crippen LogP contribution in [0.5, 0.6) is 11.5 Å². The van der Waals surface area contributed by atoms with Gasteiger partial charge in [0.2, 0.25) is 12.6 Å². The normalized spacial score (nSPS) is 13.7. The highest BCUT2D eigenvalue weighted by atomic mass is 16.7. The average Bonchev–Trinajstić information content (AvgIpc) is 2.67. The van der Waals surface area contributed by atoms with E-state index in [0.29, 0.717) is 11.5 Å². The monoisotopic (exact) mass is 387 g/mol. The Kier molecular flexibility index (Phi) is 8.30. The molecule has 0 fully saturated rings. The first-order valence-corrected chi connectivity index (χ1v) is 9.03. The van der Waals surface area contributed by atoms with Gasteiger partial charge in [-0.15, -0.1) is 0 Å². The molecule has 2 rings (SSSR count). The first-order valence-electron chi connectivity index (χ1n) is 9.03. The molecule has 3 unspecified atom stereocenters. The van der Waals surface area contributed by atoms with Crippen LogP contribution in [-0.4, -0.2) is 30.6 Å². The molecule has 0 saturated carbocycles. The summed E-state index contributed by atoms with van der Waals surface area (Å²) in [5.74, 6) is 0.00733. The van der Waals surface area contributed by atoms with Crippen molar-refractivity contribution in [3.05, 3.63) is 60.7 Å².